The summed E-state index contributed by atoms with van der Waals surface area (Å²) in [6.07, 6.45) is -3.68. The van der Waals surface area contributed by atoms with E-state index in [9.17, 15) is 18.4 Å². The fourth-order valence-corrected chi connectivity index (χ4v) is 7.27. The fraction of sp³-hybridized carbons (Fsp3) is 0.688. The molecule has 0 bridgehead atoms. The van der Waals surface area contributed by atoms with Gasteiger partial charge in [-0.2, -0.15) is 0 Å². The molecule has 10 nitrogen and oxygen atoms in total. The first-order chi connectivity index (χ1) is 13.3. The van der Waals surface area contributed by atoms with Crippen molar-refractivity contribution in [1.82, 2.24) is 19.5 Å². The first-order valence-electron chi connectivity index (χ1n) is 9.14. The summed E-state index contributed by atoms with van der Waals surface area (Å²) in [4.78, 5) is 40.9. The van der Waals surface area contributed by atoms with Crippen molar-refractivity contribution < 1.29 is 32.9 Å². The van der Waals surface area contributed by atoms with Gasteiger partial charge >= 0.3 is 7.60 Å². The summed E-state index contributed by atoms with van der Waals surface area (Å²) in [6.45, 7) is 7.00. The normalized spacial score (nSPS) is 27.4. The van der Waals surface area contributed by atoms with Crippen LogP contribution in [-0.2, 0) is 13.9 Å². The maximum atomic E-state index is 14.9. The van der Waals surface area contributed by atoms with Crippen molar-refractivity contribution in [3.05, 3.63) is 17.3 Å². The molecule has 2 aromatic rings. The van der Waals surface area contributed by atoms with Crippen LogP contribution in [0.2, 0.25) is 0 Å². The average Bonchev–Trinajstić information content (AvgIpc) is 3.01. The predicted octanol–water partition coefficient (Wildman–Crippen LogP) is 2.42. The number of hydrogen-bond donors (Lipinski definition) is 3. The van der Waals surface area contributed by atoms with E-state index in [1.54, 1.807) is 25.3 Å². The number of nitrogens with zero attached hydrogens (tertiary/aromatic N) is 4. The van der Waals surface area contributed by atoms with Gasteiger partial charge in [0, 0.05) is 12.1 Å². The molecule has 1 saturated heterocycles. The van der Waals surface area contributed by atoms with Crippen LogP contribution in [0.3, 0.4) is 0 Å². The molecule has 1 aliphatic heterocycles. The molecule has 1 unspecified atom stereocenters. The van der Waals surface area contributed by atoms with Gasteiger partial charge in [0.25, 0.3) is 0 Å². The molecule has 3 N–H and O–H groups in total. The highest BCUT2D eigenvalue weighted by Gasteiger charge is 2.45. The van der Waals surface area contributed by atoms with Crippen LogP contribution < -0.4 is 0 Å². The molecular weight excluding hydrogens is 425 g/mol. The van der Waals surface area contributed by atoms with Crippen molar-refractivity contribution in [1.29, 1.82) is 0 Å². The summed E-state index contributed by atoms with van der Waals surface area (Å²) >= 11 is 0. The zero-order chi connectivity index (χ0) is 21.7. The van der Waals surface area contributed by atoms with Crippen molar-refractivity contribution >= 4 is 26.1 Å². The second-order valence-corrected chi connectivity index (χ2v) is 12.2. The fourth-order valence-electron chi connectivity index (χ4n) is 3.75. The number of hydrogen-bond acceptors (Lipinski definition) is 6. The van der Waals surface area contributed by atoms with Crippen molar-refractivity contribution in [2.75, 3.05) is 12.1 Å². The largest absolute Gasteiger partial charge is 0.351 e. The molecule has 0 aliphatic carbocycles. The van der Waals surface area contributed by atoms with Gasteiger partial charge < -0.3 is 19.4 Å². The van der Waals surface area contributed by atoms with Crippen LogP contribution in [0.4, 0.5) is 4.39 Å². The van der Waals surface area contributed by atoms with Crippen molar-refractivity contribution in [3.8, 4) is 0 Å². The van der Waals surface area contributed by atoms with E-state index in [1.807, 2.05) is 6.92 Å². The Balaban J connectivity index is 1.84. The topological polar surface area (TPSA) is 148 Å². The monoisotopic (exact) mass is 450 g/mol. The van der Waals surface area contributed by atoms with Crippen molar-refractivity contribution in [2.24, 2.45) is 5.92 Å². The van der Waals surface area contributed by atoms with Crippen LogP contribution in [0, 0.1) is 26.7 Å². The molecular formula is C16H25FN4O6P2. The second kappa shape index (κ2) is 7.80. The summed E-state index contributed by atoms with van der Waals surface area (Å²) in [7, 11) is -8.75. The van der Waals surface area contributed by atoms with Crippen molar-refractivity contribution in [3.63, 3.8) is 0 Å². The first kappa shape index (κ1) is 22.5. The molecule has 0 radical (unpaired) electrons. The van der Waals surface area contributed by atoms with Crippen LogP contribution in [0.25, 0.3) is 11.2 Å². The summed E-state index contributed by atoms with van der Waals surface area (Å²) in [5, 5.41) is 0. The van der Waals surface area contributed by atoms with E-state index >= 15 is 0 Å². The number of aryl methyl sites for hydroxylation is 3. The van der Waals surface area contributed by atoms with Gasteiger partial charge in [0.15, 0.2) is 5.65 Å². The zero-order valence-corrected chi connectivity index (χ0v) is 18.3. The quantitative estimate of drug-likeness (QED) is 0.564. The van der Waals surface area contributed by atoms with Crippen LogP contribution >= 0.6 is 15.0 Å². The van der Waals surface area contributed by atoms with Gasteiger partial charge in [-0.05, 0) is 27.2 Å². The molecule has 13 heteroatoms. The summed E-state index contributed by atoms with van der Waals surface area (Å²) in [5.74, 6) is -0.564. The molecule has 1 aliphatic rings. The number of aromatic nitrogens is 4. The van der Waals surface area contributed by atoms with Gasteiger partial charge in [0.05, 0.1) is 11.8 Å². The summed E-state index contributed by atoms with van der Waals surface area (Å²) in [5.41, 5.74) is 1.84. The van der Waals surface area contributed by atoms with Crippen LogP contribution in [0.5, 0.6) is 0 Å². The molecule has 29 heavy (non-hydrogen) atoms. The minimum Gasteiger partial charge on any atom is -0.351 e. The third kappa shape index (κ3) is 4.76. The van der Waals surface area contributed by atoms with E-state index in [0.29, 0.717) is 28.5 Å². The van der Waals surface area contributed by atoms with Crippen LogP contribution in [-0.4, -0.2) is 58.5 Å². The summed E-state index contributed by atoms with van der Waals surface area (Å²) < 4.78 is 45.6. The van der Waals surface area contributed by atoms with Gasteiger partial charge in [0.1, 0.15) is 35.5 Å². The van der Waals surface area contributed by atoms with Gasteiger partial charge in [-0.25, -0.2) is 19.3 Å². The Morgan fingerprint density at radius 2 is 1.79 bits per heavy atom. The minimum atomic E-state index is -4.65. The first-order valence-corrected chi connectivity index (χ1v) is 13.0. The highest BCUT2D eigenvalue weighted by molar-refractivity contribution is 7.72. The molecule has 5 atom stereocenters. The lowest BCUT2D eigenvalue weighted by Gasteiger charge is -2.19. The lowest BCUT2D eigenvalue weighted by atomic mass is 10.0. The number of halogens is 1. The molecule has 3 rings (SSSR count). The lowest BCUT2D eigenvalue weighted by Crippen LogP contribution is -2.22. The van der Waals surface area contributed by atoms with Gasteiger partial charge in [-0.15, -0.1) is 0 Å². The second-order valence-electron chi connectivity index (χ2n) is 7.59. The number of ether oxygens (including phenoxy) is 1. The van der Waals surface area contributed by atoms with Gasteiger partial charge in [-0.1, -0.05) is 6.92 Å². The van der Waals surface area contributed by atoms with E-state index in [0.717, 1.165) is 0 Å². The van der Waals surface area contributed by atoms with Gasteiger partial charge in [0.2, 0.25) is 7.37 Å². The standard InChI is InChI=1S/C16H25FN4O6P2/c1-8-13(17)12(5-6-28(22,23)7-29(24,25)26)27-16(8)21-11(4)20-14-9(2)18-10(3)19-15(14)21/h8,12-13,16H,5-7H2,1-4H3,(H,22,23)(H2,24,25,26)/t8-,12-,13+,16-/m1/s1. The molecule has 0 saturated carbocycles. The van der Waals surface area contributed by atoms with E-state index in [-0.39, 0.29) is 6.42 Å². The highest BCUT2D eigenvalue weighted by Crippen LogP contribution is 2.55. The smallest absolute Gasteiger partial charge is 0.335 e. The number of fused-ring (bicyclic) bond motifs is 1. The SMILES string of the molecule is Cc1nc(C)c2nc(C)n([C@@H]3O[C@H](CCP(=O)(O)CP(=O)(O)O)[C@@H](F)[C@H]3C)c2n1. The number of imidazole rings is 1. The van der Waals surface area contributed by atoms with Crippen LogP contribution in [0.1, 0.15) is 36.9 Å². The molecule has 0 spiro atoms. The van der Waals surface area contributed by atoms with Crippen molar-refractivity contribution in [2.45, 2.75) is 52.6 Å². The third-order valence-electron chi connectivity index (χ3n) is 5.05. The average molecular weight is 450 g/mol. The maximum absolute atomic E-state index is 14.9. The molecule has 0 aromatic carbocycles. The summed E-state index contributed by atoms with van der Waals surface area (Å²) in [6, 6.07) is 0. The lowest BCUT2D eigenvalue weighted by molar-refractivity contribution is -0.0151. The van der Waals surface area contributed by atoms with E-state index in [2.05, 4.69) is 15.0 Å². The Labute approximate surface area is 167 Å². The highest BCUT2D eigenvalue weighted by atomic mass is 31.2. The van der Waals surface area contributed by atoms with Gasteiger partial charge in [-0.3, -0.25) is 13.7 Å². The van der Waals surface area contributed by atoms with E-state index < -0.39 is 51.5 Å². The number of rotatable bonds is 6. The Morgan fingerprint density at radius 3 is 2.41 bits per heavy atom. The Kier molecular flexibility index (Phi) is 6.04. The Morgan fingerprint density at radius 1 is 1.14 bits per heavy atom. The predicted molar refractivity (Wildman–Crippen MR) is 104 cm³/mol. The van der Waals surface area contributed by atoms with E-state index in [4.69, 9.17) is 14.5 Å². The third-order valence-corrected chi connectivity index (χ3v) is 9.24. The molecule has 2 aromatic heterocycles. The zero-order valence-electron chi connectivity index (χ0n) is 16.6. The molecule has 162 valence electrons. The maximum Gasteiger partial charge on any atom is 0.335 e. The molecule has 0 amide bonds. The van der Waals surface area contributed by atoms with Crippen LogP contribution in [0.15, 0.2) is 0 Å². The Hall–Kier alpha value is -1.22. The molecule has 3 heterocycles. The Bertz CT molecular complexity index is 1020. The molecule has 1 fully saturated rings. The number of alkyl halides is 1. The van der Waals surface area contributed by atoms with E-state index in [1.165, 1.54) is 0 Å². The minimum absolute atomic E-state index is 0.130.